The molecule has 0 bridgehead atoms. The van der Waals surface area contributed by atoms with E-state index < -0.39 is 0 Å². The number of pyridine rings is 1. The summed E-state index contributed by atoms with van der Waals surface area (Å²) in [5.41, 5.74) is 3.61. The van der Waals surface area contributed by atoms with Gasteiger partial charge in [-0.2, -0.15) is 0 Å². The van der Waals surface area contributed by atoms with E-state index in [2.05, 4.69) is 58.4 Å². The zero-order valence-corrected chi connectivity index (χ0v) is 18.2. The lowest BCUT2D eigenvalue weighted by Gasteiger charge is -2.18. The third kappa shape index (κ3) is 3.38. The standard InChI is InChI=1S/C25H25N3OS/c1-27(2)25(29)24-22(20-10-3-4-11-21(20)30-24)18-12-14-28(15-18)16-19-8-5-7-17-9-6-13-26-23(17)19/h3-11,13,18H,12,14-16H2,1-2H3. The van der Waals surface area contributed by atoms with Crippen LogP contribution in [0.5, 0.6) is 0 Å². The van der Waals surface area contributed by atoms with Crippen molar-refractivity contribution in [2.24, 2.45) is 0 Å². The van der Waals surface area contributed by atoms with E-state index >= 15 is 0 Å². The molecule has 1 saturated heterocycles. The summed E-state index contributed by atoms with van der Waals surface area (Å²) in [6.45, 7) is 2.90. The van der Waals surface area contributed by atoms with Gasteiger partial charge in [0.25, 0.3) is 5.91 Å². The maximum Gasteiger partial charge on any atom is 0.263 e. The summed E-state index contributed by atoms with van der Waals surface area (Å²) in [6.07, 6.45) is 2.95. The number of benzene rings is 2. The van der Waals surface area contributed by atoms with Crippen LogP contribution in [-0.4, -0.2) is 47.9 Å². The van der Waals surface area contributed by atoms with E-state index in [0.29, 0.717) is 5.92 Å². The van der Waals surface area contributed by atoms with Crippen molar-refractivity contribution in [1.82, 2.24) is 14.8 Å². The fourth-order valence-electron chi connectivity index (χ4n) is 4.58. The fourth-order valence-corrected chi connectivity index (χ4v) is 5.89. The molecule has 1 fully saturated rings. The summed E-state index contributed by atoms with van der Waals surface area (Å²) in [7, 11) is 3.68. The molecule has 30 heavy (non-hydrogen) atoms. The first kappa shape index (κ1) is 19.2. The number of fused-ring (bicyclic) bond motifs is 2. The Morgan fingerprint density at radius 3 is 2.83 bits per heavy atom. The van der Waals surface area contributed by atoms with Crippen molar-refractivity contribution in [2.75, 3.05) is 27.2 Å². The van der Waals surface area contributed by atoms with Crippen molar-refractivity contribution in [2.45, 2.75) is 18.9 Å². The van der Waals surface area contributed by atoms with Crippen molar-refractivity contribution in [1.29, 1.82) is 0 Å². The van der Waals surface area contributed by atoms with Gasteiger partial charge in [0.15, 0.2) is 0 Å². The van der Waals surface area contributed by atoms with E-state index in [-0.39, 0.29) is 5.91 Å². The molecule has 5 rings (SSSR count). The van der Waals surface area contributed by atoms with E-state index in [0.717, 1.165) is 36.4 Å². The van der Waals surface area contributed by atoms with Gasteiger partial charge in [0.05, 0.1) is 10.4 Å². The number of likely N-dealkylation sites (tertiary alicyclic amines) is 1. The van der Waals surface area contributed by atoms with Crippen LogP contribution in [0.3, 0.4) is 0 Å². The number of aromatic nitrogens is 1. The number of amides is 1. The molecule has 0 spiro atoms. The lowest BCUT2D eigenvalue weighted by Crippen LogP contribution is -2.23. The van der Waals surface area contributed by atoms with Gasteiger partial charge in [-0.15, -0.1) is 11.3 Å². The highest BCUT2D eigenvalue weighted by Crippen LogP contribution is 2.40. The fraction of sp³-hybridized carbons (Fsp3) is 0.280. The number of thiophene rings is 1. The molecular formula is C25H25N3OS. The minimum absolute atomic E-state index is 0.114. The number of carbonyl (C=O) groups excluding carboxylic acids is 1. The molecule has 1 aliphatic heterocycles. The first-order chi connectivity index (χ1) is 14.6. The highest BCUT2D eigenvalue weighted by Gasteiger charge is 2.31. The molecule has 2 aromatic heterocycles. The number of para-hydroxylation sites is 1. The first-order valence-corrected chi connectivity index (χ1v) is 11.2. The highest BCUT2D eigenvalue weighted by molar-refractivity contribution is 7.21. The lowest BCUT2D eigenvalue weighted by molar-refractivity contribution is 0.0831. The minimum atomic E-state index is 0.114. The molecule has 0 N–H and O–H groups in total. The number of hydrogen-bond acceptors (Lipinski definition) is 4. The van der Waals surface area contributed by atoms with Crippen LogP contribution in [-0.2, 0) is 6.54 Å². The first-order valence-electron chi connectivity index (χ1n) is 10.4. The van der Waals surface area contributed by atoms with Crippen LogP contribution < -0.4 is 0 Å². The van der Waals surface area contributed by atoms with Crippen LogP contribution in [0.4, 0.5) is 0 Å². The van der Waals surface area contributed by atoms with Gasteiger partial charge in [0.1, 0.15) is 0 Å². The Hall–Kier alpha value is -2.76. The van der Waals surface area contributed by atoms with Crippen molar-refractivity contribution in [3.8, 4) is 0 Å². The third-order valence-corrected chi connectivity index (χ3v) is 7.20. The van der Waals surface area contributed by atoms with Crippen molar-refractivity contribution >= 4 is 38.2 Å². The SMILES string of the molecule is CN(C)C(=O)c1sc2ccccc2c1C1CCN(Cc2cccc3cccnc23)C1. The predicted octanol–water partition coefficient (Wildman–Crippen LogP) is 5.14. The molecule has 3 heterocycles. The van der Waals surface area contributed by atoms with Crippen LogP contribution in [0, 0.1) is 0 Å². The Balaban J connectivity index is 1.45. The Kier molecular flexibility index (Phi) is 5.01. The maximum atomic E-state index is 12.9. The van der Waals surface area contributed by atoms with Crippen molar-refractivity contribution in [3.05, 3.63) is 76.8 Å². The van der Waals surface area contributed by atoms with E-state index in [1.807, 2.05) is 26.4 Å². The predicted molar refractivity (Wildman–Crippen MR) is 124 cm³/mol. The molecule has 0 saturated carbocycles. The van der Waals surface area contributed by atoms with Gasteiger partial charge in [0.2, 0.25) is 0 Å². The van der Waals surface area contributed by atoms with Gasteiger partial charge >= 0.3 is 0 Å². The average molecular weight is 416 g/mol. The van der Waals surface area contributed by atoms with Crippen LogP contribution in [0.15, 0.2) is 60.8 Å². The molecule has 1 atom stereocenters. The molecule has 4 nitrogen and oxygen atoms in total. The van der Waals surface area contributed by atoms with Gasteiger partial charge in [0, 0.05) is 49.4 Å². The monoisotopic (exact) mass is 415 g/mol. The third-order valence-electron chi connectivity index (χ3n) is 6.03. The Bertz CT molecular complexity index is 1220. The summed E-state index contributed by atoms with van der Waals surface area (Å²) in [5.74, 6) is 0.492. The number of hydrogen-bond donors (Lipinski definition) is 0. The quantitative estimate of drug-likeness (QED) is 0.463. The number of rotatable bonds is 4. The van der Waals surface area contributed by atoms with Gasteiger partial charge < -0.3 is 4.90 Å². The Labute approximate surface area is 180 Å². The van der Waals surface area contributed by atoms with Crippen molar-refractivity contribution in [3.63, 3.8) is 0 Å². The Morgan fingerprint density at radius 2 is 1.97 bits per heavy atom. The molecule has 5 heteroatoms. The van der Waals surface area contributed by atoms with E-state index in [9.17, 15) is 4.79 Å². The van der Waals surface area contributed by atoms with Crippen LogP contribution >= 0.6 is 11.3 Å². The molecule has 0 aliphatic carbocycles. The molecule has 1 unspecified atom stereocenters. The normalized spacial score (nSPS) is 17.1. The second-order valence-corrected chi connectivity index (χ2v) is 9.31. The van der Waals surface area contributed by atoms with E-state index in [1.54, 1.807) is 16.2 Å². The maximum absolute atomic E-state index is 12.9. The molecule has 152 valence electrons. The zero-order chi connectivity index (χ0) is 20.7. The smallest absolute Gasteiger partial charge is 0.263 e. The summed E-state index contributed by atoms with van der Waals surface area (Å²) >= 11 is 1.63. The van der Waals surface area contributed by atoms with Gasteiger partial charge in [-0.25, -0.2) is 0 Å². The Morgan fingerprint density at radius 1 is 1.13 bits per heavy atom. The lowest BCUT2D eigenvalue weighted by atomic mass is 9.95. The molecule has 0 radical (unpaired) electrons. The van der Waals surface area contributed by atoms with Crippen molar-refractivity contribution < 1.29 is 4.79 Å². The molecule has 2 aromatic carbocycles. The van der Waals surface area contributed by atoms with E-state index in [4.69, 9.17) is 0 Å². The van der Waals surface area contributed by atoms with Crippen LogP contribution in [0.25, 0.3) is 21.0 Å². The number of nitrogens with zero attached hydrogens (tertiary/aromatic N) is 3. The number of carbonyl (C=O) groups is 1. The molecule has 4 aromatic rings. The van der Waals surface area contributed by atoms with E-state index in [1.165, 1.54) is 26.6 Å². The van der Waals surface area contributed by atoms with Crippen LogP contribution in [0.1, 0.15) is 33.1 Å². The molecule has 1 amide bonds. The van der Waals surface area contributed by atoms with Crippen LogP contribution in [0.2, 0.25) is 0 Å². The topological polar surface area (TPSA) is 36.4 Å². The second kappa shape index (κ2) is 7.82. The average Bonchev–Trinajstić information content (AvgIpc) is 3.37. The second-order valence-electron chi connectivity index (χ2n) is 8.25. The summed E-state index contributed by atoms with van der Waals surface area (Å²) in [5, 5.41) is 2.43. The molecule has 1 aliphatic rings. The van der Waals surface area contributed by atoms with Gasteiger partial charge in [-0.05, 0) is 41.6 Å². The minimum Gasteiger partial charge on any atom is -0.344 e. The summed E-state index contributed by atoms with van der Waals surface area (Å²) < 4.78 is 1.20. The summed E-state index contributed by atoms with van der Waals surface area (Å²) in [4.78, 5) is 22.6. The van der Waals surface area contributed by atoms with Gasteiger partial charge in [-0.1, -0.05) is 42.5 Å². The van der Waals surface area contributed by atoms with Gasteiger partial charge in [-0.3, -0.25) is 14.7 Å². The molecular weight excluding hydrogens is 390 g/mol. The highest BCUT2D eigenvalue weighted by atomic mass is 32.1. The largest absolute Gasteiger partial charge is 0.344 e. The zero-order valence-electron chi connectivity index (χ0n) is 17.3. The summed E-state index contributed by atoms with van der Waals surface area (Å²) in [6, 6.07) is 19.0.